The van der Waals surface area contributed by atoms with Crippen molar-refractivity contribution in [2.75, 3.05) is 6.61 Å². The number of ether oxygens (including phenoxy) is 1. The van der Waals surface area contributed by atoms with Crippen LogP contribution in [0, 0.1) is 10.1 Å². The zero-order valence-electron chi connectivity index (χ0n) is 15.8. The lowest BCUT2D eigenvalue weighted by atomic mass is 10.1. The zero-order chi connectivity index (χ0) is 22.0. The molecule has 0 N–H and O–H groups in total. The molecule has 1 aliphatic rings. The molecule has 31 heavy (non-hydrogen) atoms. The van der Waals surface area contributed by atoms with Gasteiger partial charge in [-0.1, -0.05) is 11.6 Å². The molecule has 10 nitrogen and oxygen atoms in total. The fraction of sp³-hybridized carbons (Fsp3) is 0.150. The van der Waals surface area contributed by atoms with E-state index in [1.54, 1.807) is 24.3 Å². The van der Waals surface area contributed by atoms with E-state index in [0.717, 1.165) is 11.1 Å². The number of benzene rings is 1. The molecule has 0 saturated heterocycles. The van der Waals surface area contributed by atoms with Crippen molar-refractivity contribution in [3.63, 3.8) is 0 Å². The second-order valence-corrected chi connectivity index (χ2v) is 6.93. The molecular formula is C20H14ClN3O7. The molecule has 0 spiro atoms. The number of hydrazone groups is 1. The van der Waals surface area contributed by atoms with Gasteiger partial charge < -0.3 is 13.6 Å². The van der Waals surface area contributed by atoms with Gasteiger partial charge in [0.25, 0.3) is 11.6 Å². The first-order valence-corrected chi connectivity index (χ1v) is 9.39. The van der Waals surface area contributed by atoms with Crippen molar-refractivity contribution in [1.29, 1.82) is 0 Å². The van der Waals surface area contributed by atoms with Gasteiger partial charge in [-0.3, -0.25) is 14.9 Å². The maximum atomic E-state index is 12.8. The normalized spacial score (nSPS) is 15.6. The van der Waals surface area contributed by atoms with E-state index < -0.39 is 35.1 Å². The molecule has 1 amide bonds. The number of nitro groups is 1. The van der Waals surface area contributed by atoms with E-state index in [1.807, 2.05) is 0 Å². The highest BCUT2D eigenvalue weighted by Gasteiger charge is 2.36. The predicted octanol–water partition coefficient (Wildman–Crippen LogP) is 3.97. The van der Waals surface area contributed by atoms with Gasteiger partial charge in [-0.25, -0.2) is 9.80 Å². The quantitative estimate of drug-likeness (QED) is 0.320. The van der Waals surface area contributed by atoms with E-state index in [0.29, 0.717) is 23.7 Å². The van der Waals surface area contributed by atoms with Crippen molar-refractivity contribution in [2.45, 2.75) is 12.5 Å². The van der Waals surface area contributed by atoms with Gasteiger partial charge in [0.05, 0.1) is 17.4 Å². The first-order valence-electron chi connectivity index (χ1n) is 9.02. The number of amides is 1. The highest BCUT2D eigenvalue weighted by Crippen LogP contribution is 2.33. The Morgan fingerprint density at radius 3 is 2.68 bits per heavy atom. The molecule has 0 fully saturated rings. The van der Waals surface area contributed by atoms with E-state index in [4.69, 9.17) is 25.2 Å². The molecule has 158 valence electrons. The first kappa shape index (κ1) is 20.4. The van der Waals surface area contributed by atoms with Crippen LogP contribution in [0.3, 0.4) is 0 Å². The van der Waals surface area contributed by atoms with Gasteiger partial charge in [-0.15, -0.1) is 0 Å². The van der Waals surface area contributed by atoms with Gasteiger partial charge in [0, 0.05) is 17.5 Å². The number of nitro benzene ring substituents is 1. The molecule has 0 bridgehead atoms. The molecule has 1 unspecified atom stereocenters. The fourth-order valence-corrected chi connectivity index (χ4v) is 3.30. The van der Waals surface area contributed by atoms with Gasteiger partial charge in [0.2, 0.25) is 0 Å². The molecule has 1 aromatic carbocycles. The summed E-state index contributed by atoms with van der Waals surface area (Å²) in [5, 5.41) is 16.7. The van der Waals surface area contributed by atoms with Gasteiger partial charge >= 0.3 is 5.97 Å². The second kappa shape index (κ2) is 8.44. The van der Waals surface area contributed by atoms with Crippen LogP contribution in [0.1, 0.15) is 34.3 Å². The lowest BCUT2D eigenvalue weighted by molar-refractivity contribution is -0.385. The number of furan rings is 2. The van der Waals surface area contributed by atoms with Gasteiger partial charge in [-0.05, 0) is 36.4 Å². The number of rotatable bonds is 6. The van der Waals surface area contributed by atoms with Gasteiger partial charge in [0.15, 0.2) is 6.61 Å². The number of nitrogens with zero attached hydrogens (tertiary/aromatic N) is 3. The molecule has 3 aromatic rings. The number of halogens is 1. The minimum absolute atomic E-state index is 0.0949. The van der Waals surface area contributed by atoms with Crippen LogP contribution in [0.2, 0.25) is 5.02 Å². The molecule has 0 radical (unpaired) electrons. The SMILES string of the molecule is O=C(OCC(=O)N1N=C(c2ccco2)CC1c1ccco1)c1ccc(Cl)cc1[N+](=O)[O-]. The lowest BCUT2D eigenvalue weighted by Gasteiger charge is -2.19. The number of esters is 1. The summed E-state index contributed by atoms with van der Waals surface area (Å²) in [5.41, 5.74) is -0.303. The predicted molar refractivity (Wildman–Crippen MR) is 107 cm³/mol. The number of carbonyl (C=O) groups is 2. The highest BCUT2D eigenvalue weighted by molar-refractivity contribution is 6.31. The topological polar surface area (TPSA) is 128 Å². The first-order chi connectivity index (χ1) is 14.9. The van der Waals surface area contributed by atoms with Crippen molar-refractivity contribution in [2.24, 2.45) is 5.10 Å². The summed E-state index contributed by atoms with van der Waals surface area (Å²) in [6, 6.07) is 9.77. The monoisotopic (exact) mass is 443 g/mol. The summed E-state index contributed by atoms with van der Waals surface area (Å²) < 4.78 is 15.8. The molecule has 0 saturated carbocycles. The molecule has 4 rings (SSSR count). The van der Waals surface area contributed by atoms with Crippen molar-refractivity contribution >= 4 is 34.9 Å². The molecule has 1 aliphatic heterocycles. The Kier molecular flexibility index (Phi) is 5.54. The van der Waals surface area contributed by atoms with Crippen molar-refractivity contribution in [3.8, 4) is 0 Å². The van der Waals surface area contributed by atoms with Crippen molar-refractivity contribution < 1.29 is 28.1 Å². The summed E-state index contributed by atoms with van der Waals surface area (Å²) in [5.74, 6) is -0.660. The van der Waals surface area contributed by atoms with Crippen LogP contribution in [0.15, 0.2) is 68.9 Å². The Morgan fingerprint density at radius 1 is 1.23 bits per heavy atom. The standard InChI is InChI=1S/C20H14ClN3O7/c21-12-5-6-13(15(9-12)24(27)28)20(26)31-11-19(25)23-16(18-4-2-8-30-18)10-14(22-23)17-3-1-7-29-17/h1-9,16H,10-11H2. The van der Waals surface area contributed by atoms with E-state index in [1.165, 1.54) is 24.7 Å². The van der Waals surface area contributed by atoms with Crippen LogP contribution in [0.25, 0.3) is 0 Å². The summed E-state index contributed by atoms with van der Waals surface area (Å²) in [6.45, 7) is -0.676. The maximum absolute atomic E-state index is 12.8. The zero-order valence-corrected chi connectivity index (χ0v) is 16.5. The van der Waals surface area contributed by atoms with Crippen LogP contribution >= 0.6 is 11.6 Å². The molecule has 3 heterocycles. The number of hydrogen-bond donors (Lipinski definition) is 0. The van der Waals surface area contributed by atoms with E-state index >= 15 is 0 Å². The van der Waals surface area contributed by atoms with Crippen LogP contribution in [-0.2, 0) is 9.53 Å². The summed E-state index contributed by atoms with van der Waals surface area (Å²) in [4.78, 5) is 35.6. The maximum Gasteiger partial charge on any atom is 0.345 e. The van der Waals surface area contributed by atoms with Crippen molar-refractivity contribution in [1.82, 2.24) is 5.01 Å². The van der Waals surface area contributed by atoms with Crippen LogP contribution < -0.4 is 0 Å². The summed E-state index contributed by atoms with van der Waals surface area (Å²) in [6.07, 6.45) is 3.30. The third-order valence-electron chi connectivity index (χ3n) is 4.55. The Hall–Kier alpha value is -3.92. The highest BCUT2D eigenvalue weighted by atomic mass is 35.5. The van der Waals surface area contributed by atoms with Crippen molar-refractivity contribution in [3.05, 3.63) is 87.2 Å². The third kappa shape index (κ3) is 4.19. The summed E-state index contributed by atoms with van der Waals surface area (Å²) >= 11 is 5.75. The Balaban J connectivity index is 1.51. The number of hydrogen-bond acceptors (Lipinski definition) is 8. The Bertz CT molecular complexity index is 1160. The van der Waals surface area contributed by atoms with Gasteiger partial charge in [-0.2, -0.15) is 5.10 Å². The smallest absolute Gasteiger partial charge is 0.345 e. The van der Waals surface area contributed by atoms with Gasteiger partial charge in [0.1, 0.15) is 28.8 Å². The second-order valence-electron chi connectivity index (χ2n) is 6.49. The van der Waals surface area contributed by atoms with E-state index in [2.05, 4.69) is 5.10 Å². The molecular weight excluding hydrogens is 430 g/mol. The summed E-state index contributed by atoms with van der Waals surface area (Å²) in [7, 11) is 0. The Morgan fingerprint density at radius 2 is 2.00 bits per heavy atom. The van der Waals surface area contributed by atoms with E-state index in [9.17, 15) is 19.7 Å². The number of carbonyl (C=O) groups excluding carboxylic acids is 2. The molecule has 0 aliphatic carbocycles. The average Bonchev–Trinajstić information content (AvgIpc) is 3.52. The lowest BCUT2D eigenvalue weighted by Crippen LogP contribution is -2.31. The molecule has 2 aromatic heterocycles. The minimum atomic E-state index is -1.03. The van der Waals surface area contributed by atoms with E-state index in [-0.39, 0.29) is 10.6 Å². The van der Waals surface area contributed by atoms with Crippen LogP contribution in [-0.4, -0.2) is 34.1 Å². The van der Waals surface area contributed by atoms with Crippen LogP contribution in [0.4, 0.5) is 5.69 Å². The third-order valence-corrected chi connectivity index (χ3v) is 4.78. The average molecular weight is 444 g/mol. The largest absolute Gasteiger partial charge is 0.467 e. The fourth-order valence-electron chi connectivity index (χ4n) is 3.13. The Labute approximate surface area is 179 Å². The minimum Gasteiger partial charge on any atom is -0.467 e. The van der Waals surface area contributed by atoms with Crippen LogP contribution in [0.5, 0.6) is 0 Å². The molecule has 11 heteroatoms. The molecule has 1 atom stereocenters.